The Morgan fingerprint density at radius 2 is 2.42 bits per heavy atom. The van der Waals surface area contributed by atoms with E-state index < -0.39 is 0 Å². The van der Waals surface area contributed by atoms with Crippen molar-refractivity contribution in [2.45, 2.75) is 6.42 Å². The molecule has 64 valence electrons. The number of aromatic nitrogens is 2. The zero-order chi connectivity index (χ0) is 8.81. The Morgan fingerprint density at radius 3 is 3.08 bits per heavy atom. The van der Waals surface area contributed by atoms with Gasteiger partial charge in [0.05, 0.1) is 0 Å². The summed E-state index contributed by atoms with van der Waals surface area (Å²) in [5.74, 6) is 0.826. The Labute approximate surface area is 72.4 Å². The molecular formula is C9H13N3. The van der Waals surface area contributed by atoms with Crippen LogP contribution in [0.4, 0.5) is 5.95 Å². The highest BCUT2D eigenvalue weighted by Crippen LogP contribution is 2.03. The van der Waals surface area contributed by atoms with E-state index >= 15 is 0 Å². The summed E-state index contributed by atoms with van der Waals surface area (Å²) in [4.78, 5) is 4.11. The van der Waals surface area contributed by atoms with Gasteiger partial charge in [0.1, 0.15) is 0 Å². The highest BCUT2D eigenvalue weighted by Gasteiger charge is 1.95. The average molecular weight is 163 g/mol. The largest absolute Gasteiger partial charge is 0.355 e. The van der Waals surface area contributed by atoms with E-state index in [1.165, 1.54) is 0 Å². The summed E-state index contributed by atoms with van der Waals surface area (Å²) < 4.78 is 1.84. The number of anilines is 1. The maximum absolute atomic E-state index is 4.11. The molecule has 0 atom stereocenters. The second-order valence-corrected chi connectivity index (χ2v) is 2.34. The lowest BCUT2D eigenvalue weighted by Gasteiger charge is -2.03. The number of hydrogen-bond acceptors (Lipinski definition) is 2. The minimum absolute atomic E-state index is 0.826. The van der Waals surface area contributed by atoms with Crippen molar-refractivity contribution < 1.29 is 0 Å². The molecule has 0 aliphatic carbocycles. The van der Waals surface area contributed by atoms with Gasteiger partial charge < -0.3 is 5.32 Å². The van der Waals surface area contributed by atoms with Gasteiger partial charge in [0.15, 0.2) is 0 Å². The standard InChI is InChI=1S/C9H13N3/c1-3-5-6-10-9-11-7-8-12(9)4-2/h3-4,7-8H,1-2,5-6H2,(H,10,11). The molecule has 1 N–H and O–H groups in total. The molecule has 0 aliphatic rings. The molecule has 0 saturated heterocycles. The van der Waals surface area contributed by atoms with Gasteiger partial charge in [0.25, 0.3) is 0 Å². The lowest BCUT2D eigenvalue weighted by Crippen LogP contribution is -2.04. The van der Waals surface area contributed by atoms with Crippen molar-refractivity contribution in [1.82, 2.24) is 9.55 Å². The smallest absolute Gasteiger partial charge is 0.206 e. The molecule has 1 heterocycles. The average Bonchev–Trinajstić information content (AvgIpc) is 2.52. The van der Waals surface area contributed by atoms with Gasteiger partial charge in [-0.3, -0.25) is 4.57 Å². The van der Waals surface area contributed by atoms with Crippen molar-refractivity contribution in [2.24, 2.45) is 0 Å². The van der Waals surface area contributed by atoms with E-state index in [-0.39, 0.29) is 0 Å². The molecule has 12 heavy (non-hydrogen) atoms. The second kappa shape index (κ2) is 4.38. The molecule has 0 aliphatic heterocycles. The molecule has 0 unspecified atom stereocenters. The first kappa shape index (κ1) is 8.59. The third-order valence-corrected chi connectivity index (χ3v) is 1.50. The van der Waals surface area contributed by atoms with E-state index in [4.69, 9.17) is 0 Å². The van der Waals surface area contributed by atoms with E-state index in [0.29, 0.717) is 0 Å². The summed E-state index contributed by atoms with van der Waals surface area (Å²) in [6, 6.07) is 0. The van der Waals surface area contributed by atoms with Crippen molar-refractivity contribution in [2.75, 3.05) is 11.9 Å². The minimum atomic E-state index is 0.826. The normalized spacial score (nSPS) is 9.33. The van der Waals surface area contributed by atoms with Gasteiger partial charge in [0.2, 0.25) is 5.95 Å². The fourth-order valence-corrected chi connectivity index (χ4v) is 0.883. The van der Waals surface area contributed by atoms with Gasteiger partial charge in [-0.05, 0) is 6.42 Å². The fraction of sp³-hybridized carbons (Fsp3) is 0.222. The van der Waals surface area contributed by atoms with Crippen LogP contribution in [-0.4, -0.2) is 16.1 Å². The third-order valence-electron chi connectivity index (χ3n) is 1.50. The van der Waals surface area contributed by atoms with E-state index in [1.807, 2.05) is 16.8 Å². The summed E-state index contributed by atoms with van der Waals surface area (Å²) >= 11 is 0. The van der Waals surface area contributed by atoms with Crippen LogP contribution < -0.4 is 5.32 Å². The Bertz CT molecular complexity index is 262. The van der Waals surface area contributed by atoms with Gasteiger partial charge in [0, 0.05) is 25.1 Å². The van der Waals surface area contributed by atoms with Crippen molar-refractivity contribution in [1.29, 1.82) is 0 Å². The van der Waals surface area contributed by atoms with Crippen molar-refractivity contribution >= 4 is 12.1 Å². The first-order valence-electron chi connectivity index (χ1n) is 3.88. The van der Waals surface area contributed by atoms with Gasteiger partial charge in [-0.15, -0.1) is 6.58 Å². The number of hydrogen-bond donors (Lipinski definition) is 1. The predicted octanol–water partition coefficient (Wildman–Crippen LogP) is 1.97. The van der Waals surface area contributed by atoms with Crippen LogP contribution in [0, 0.1) is 0 Å². The topological polar surface area (TPSA) is 29.9 Å². The van der Waals surface area contributed by atoms with Crippen molar-refractivity contribution in [3.05, 3.63) is 31.6 Å². The molecule has 3 heteroatoms. The first-order chi connectivity index (χ1) is 5.88. The molecule has 1 rings (SSSR count). The van der Waals surface area contributed by atoms with Crippen LogP contribution in [0.25, 0.3) is 6.20 Å². The summed E-state index contributed by atoms with van der Waals surface area (Å²) in [7, 11) is 0. The van der Waals surface area contributed by atoms with Crippen molar-refractivity contribution in [3.63, 3.8) is 0 Å². The Morgan fingerprint density at radius 1 is 1.58 bits per heavy atom. The molecule has 1 aromatic rings. The predicted molar refractivity (Wildman–Crippen MR) is 51.9 cm³/mol. The molecule has 0 spiro atoms. The lowest BCUT2D eigenvalue weighted by molar-refractivity contribution is 1.01. The molecule has 0 aromatic carbocycles. The summed E-state index contributed by atoms with van der Waals surface area (Å²) in [5.41, 5.74) is 0. The van der Waals surface area contributed by atoms with Crippen LogP contribution in [-0.2, 0) is 0 Å². The molecule has 0 fully saturated rings. The molecular weight excluding hydrogens is 150 g/mol. The van der Waals surface area contributed by atoms with Gasteiger partial charge in [-0.25, -0.2) is 4.98 Å². The van der Waals surface area contributed by atoms with Gasteiger partial charge in [-0.2, -0.15) is 0 Å². The van der Waals surface area contributed by atoms with Gasteiger partial charge in [-0.1, -0.05) is 12.7 Å². The second-order valence-electron chi connectivity index (χ2n) is 2.34. The maximum Gasteiger partial charge on any atom is 0.206 e. The summed E-state index contributed by atoms with van der Waals surface area (Å²) in [6.07, 6.45) is 8.10. The van der Waals surface area contributed by atoms with E-state index in [1.54, 1.807) is 12.4 Å². The van der Waals surface area contributed by atoms with Crippen LogP contribution >= 0.6 is 0 Å². The summed E-state index contributed by atoms with van der Waals surface area (Å²) in [5, 5.41) is 3.15. The van der Waals surface area contributed by atoms with Crippen LogP contribution in [0.2, 0.25) is 0 Å². The zero-order valence-electron chi connectivity index (χ0n) is 7.03. The number of nitrogens with zero attached hydrogens (tertiary/aromatic N) is 2. The minimum Gasteiger partial charge on any atom is -0.355 e. The van der Waals surface area contributed by atoms with Crippen molar-refractivity contribution in [3.8, 4) is 0 Å². The van der Waals surface area contributed by atoms with Crippen LogP contribution in [0.15, 0.2) is 31.6 Å². The molecule has 0 bridgehead atoms. The zero-order valence-corrected chi connectivity index (χ0v) is 7.03. The van der Waals surface area contributed by atoms with E-state index in [2.05, 4.69) is 23.5 Å². The molecule has 3 nitrogen and oxygen atoms in total. The maximum atomic E-state index is 4.11. The van der Waals surface area contributed by atoms with Gasteiger partial charge >= 0.3 is 0 Å². The number of rotatable bonds is 5. The van der Waals surface area contributed by atoms with Crippen LogP contribution in [0.3, 0.4) is 0 Å². The SMILES string of the molecule is C=CCCNc1nccn1C=C. The number of nitrogens with one attached hydrogen (secondary N) is 1. The monoisotopic (exact) mass is 163 g/mol. The Kier molecular flexibility index (Phi) is 3.14. The van der Waals surface area contributed by atoms with Crippen LogP contribution in [0.1, 0.15) is 6.42 Å². The highest BCUT2D eigenvalue weighted by molar-refractivity contribution is 5.36. The lowest BCUT2D eigenvalue weighted by atomic mass is 10.4. The molecule has 0 radical (unpaired) electrons. The van der Waals surface area contributed by atoms with E-state index in [0.717, 1.165) is 18.9 Å². The molecule has 0 amide bonds. The van der Waals surface area contributed by atoms with E-state index in [9.17, 15) is 0 Å². The summed E-state index contributed by atoms with van der Waals surface area (Å²) in [6.45, 7) is 8.15. The highest BCUT2D eigenvalue weighted by atomic mass is 15.2. The molecule has 0 saturated carbocycles. The Balaban J connectivity index is 2.50. The fourth-order valence-electron chi connectivity index (χ4n) is 0.883. The third kappa shape index (κ3) is 1.99. The number of imidazole rings is 1. The van der Waals surface area contributed by atoms with Crippen LogP contribution in [0.5, 0.6) is 0 Å². The molecule has 1 aromatic heterocycles. The quantitative estimate of drug-likeness (QED) is 0.531. The first-order valence-corrected chi connectivity index (χ1v) is 3.88. The Hall–Kier alpha value is -1.51.